The molecule has 0 aromatic heterocycles. The van der Waals surface area contributed by atoms with Crippen LogP contribution in [0.5, 0.6) is 0 Å². The molecular formula is C20H32O3. The maximum atomic E-state index is 9.98. The van der Waals surface area contributed by atoms with Crippen LogP contribution >= 0.6 is 0 Å². The second kappa shape index (κ2) is 8.09. The van der Waals surface area contributed by atoms with Crippen LogP contribution in [0.3, 0.4) is 0 Å². The Morgan fingerprint density at radius 3 is 2.61 bits per heavy atom. The van der Waals surface area contributed by atoms with Gasteiger partial charge in [0.2, 0.25) is 0 Å². The smallest absolute Gasteiger partial charge is 0.109 e. The molecule has 0 aromatic rings. The molecule has 0 radical (unpaired) electrons. The van der Waals surface area contributed by atoms with Crippen LogP contribution in [-0.4, -0.2) is 33.6 Å². The second-order valence-electron chi connectivity index (χ2n) is 7.46. The van der Waals surface area contributed by atoms with Crippen LogP contribution < -0.4 is 0 Å². The van der Waals surface area contributed by atoms with E-state index in [4.69, 9.17) is 5.11 Å². The van der Waals surface area contributed by atoms with Crippen molar-refractivity contribution in [1.29, 1.82) is 0 Å². The highest BCUT2D eigenvalue weighted by Gasteiger charge is 2.27. The highest BCUT2D eigenvalue weighted by molar-refractivity contribution is 5.36. The number of aliphatic hydroxyl groups excluding tert-OH is 2. The molecule has 3 nitrogen and oxygen atoms in total. The quantitative estimate of drug-likeness (QED) is 0.654. The minimum absolute atomic E-state index is 0.226. The summed E-state index contributed by atoms with van der Waals surface area (Å²) in [5.74, 6) is 0. The molecule has 0 amide bonds. The first-order chi connectivity index (χ1) is 10.6. The van der Waals surface area contributed by atoms with Crippen molar-refractivity contribution < 1.29 is 15.3 Å². The van der Waals surface area contributed by atoms with Gasteiger partial charge in [0.15, 0.2) is 0 Å². The standard InChI is InChI=1S/C20H32O3/c1-15(8-6-13-20(5,23)18(22)14-21)10-11-17-16(2)9-7-12-19(17,3)4/h6,8,10-11,13,18,21-23H,7,9,12,14H2,1-5H3/b11-10+,13-6+,15-8+/t18-,20-/m0/s1. The van der Waals surface area contributed by atoms with Crippen molar-refractivity contribution in [2.24, 2.45) is 5.41 Å². The SMILES string of the molecule is CC1=C(/C=C/C(C)=C/C=C/[C@](C)(O)[C@@H](O)CO)C(C)(C)CCC1. The summed E-state index contributed by atoms with van der Waals surface area (Å²) in [6, 6.07) is 0. The van der Waals surface area contributed by atoms with E-state index >= 15 is 0 Å². The number of aliphatic hydroxyl groups is 3. The lowest BCUT2D eigenvalue weighted by Crippen LogP contribution is -2.39. The molecule has 1 aliphatic carbocycles. The minimum atomic E-state index is -1.43. The molecule has 3 heteroatoms. The zero-order chi connectivity index (χ0) is 17.7. The van der Waals surface area contributed by atoms with Gasteiger partial charge < -0.3 is 15.3 Å². The van der Waals surface area contributed by atoms with Crippen molar-refractivity contribution in [3.8, 4) is 0 Å². The molecule has 1 rings (SSSR count). The lowest BCUT2D eigenvalue weighted by molar-refractivity contribution is -0.0520. The third-order valence-corrected chi connectivity index (χ3v) is 4.70. The average Bonchev–Trinajstić information content (AvgIpc) is 2.44. The van der Waals surface area contributed by atoms with Gasteiger partial charge in [-0.05, 0) is 51.0 Å². The van der Waals surface area contributed by atoms with E-state index in [2.05, 4.69) is 32.9 Å². The molecular weight excluding hydrogens is 288 g/mol. The summed E-state index contributed by atoms with van der Waals surface area (Å²) < 4.78 is 0. The zero-order valence-corrected chi connectivity index (χ0v) is 15.1. The Bertz CT molecular complexity index is 519. The second-order valence-corrected chi connectivity index (χ2v) is 7.46. The fourth-order valence-corrected chi connectivity index (χ4v) is 2.97. The average molecular weight is 320 g/mol. The molecule has 130 valence electrons. The lowest BCUT2D eigenvalue weighted by Gasteiger charge is -2.32. The van der Waals surface area contributed by atoms with Crippen molar-refractivity contribution in [2.75, 3.05) is 6.61 Å². The Morgan fingerprint density at radius 2 is 2.04 bits per heavy atom. The van der Waals surface area contributed by atoms with Gasteiger partial charge in [0.1, 0.15) is 11.7 Å². The predicted octanol–water partition coefficient (Wildman–Crippen LogP) is 3.68. The van der Waals surface area contributed by atoms with Gasteiger partial charge in [0, 0.05) is 0 Å². The van der Waals surface area contributed by atoms with E-state index in [1.165, 1.54) is 43.4 Å². The van der Waals surface area contributed by atoms with E-state index < -0.39 is 18.3 Å². The van der Waals surface area contributed by atoms with Crippen molar-refractivity contribution in [2.45, 2.75) is 65.6 Å². The zero-order valence-electron chi connectivity index (χ0n) is 15.1. The third-order valence-electron chi connectivity index (χ3n) is 4.70. The van der Waals surface area contributed by atoms with Crippen LogP contribution in [0.25, 0.3) is 0 Å². The molecule has 0 heterocycles. The van der Waals surface area contributed by atoms with E-state index in [9.17, 15) is 10.2 Å². The van der Waals surface area contributed by atoms with Gasteiger partial charge in [0.05, 0.1) is 6.61 Å². The largest absolute Gasteiger partial charge is 0.394 e. The Hall–Kier alpha value is -1.16. The van der Waals surface area contributed by atoms with Gasteiger partial charge in [-0.3, -0.25) is 0 Å². The molecule has 3 N–H and O–H groups in total. The Kier molecular flexibility index (Phi) is 7.00. The Labute approximate surface area is 140 Å². The van der Waals surface area contributed by atoms with E-state index in [0.29, 0.717) is 0 Å². The molecule has 0 bridgehead atoms. The number of allylic oxidation sites excluding steroid dienone is 7. The first kappa shape index (κ1) is 19.9. The van der Waals surface area contributed by atoms with Gasteiger partial charge >= 0.3 is 0 Å². The van der Waals surface area contributed by atoms with Crippen LogP contribution in [0.2, 0.25) is 0 Å². The number of hydrogen-bond acceptors (Lipinski definition) is 3. The van der Waals surface area contributed by atoms with E-state index in [1.807, 2.05) is 13.0 Å². The molecule has 0 unspecified atom stereocenters. The fourth-order valence-electron chi connectivity index (χ4n) is 2.97. The van der Waals surface area contributed by atoms with Crippen LogP contribution in [0, 0.1) is 5.41 Å². The van der Waals surface area contributed by atoms with Crippen LogP contribution in [0.15, 0.2) is 47.1 Å². The highest BCUT2D eigenvalue weighted by Crippen LogP contribution is 2.40. The molecule has 0 saturated carbocycles. The van der Waals surface area contributed by atoms with Crippen LogP contribution in [-0.2, 0) is 0 Å². The Balaban J connectivity index is 2.81. The summed E-state index contributed by atoms with van der Waals surface area (Å²) >= 11 is 0. The Morgan fingerprint density at radius 1 is 1.39 bits per heavy atom. The van der Waals surface area contributed by atoms with E-state index in [0.717, 1.165) is 5.57 Å². The molecule has 0 aliphatic heterocycles. The monoisotopic (exact) mass is 320 g/mol. The van der Waals surface area contributed by atoms with Gasteiger partial charge in [-0.2, -0.15) is 0 Å². The van der Waals surface area contributed by atoms with Crippen LogP contribution in [0.4, 0.5) is 0 Å². The van der Waals surface area contributed by atoms with Crippen molar-refractivity contribution in [3.05, 3.63) is 47.1 Å². The van der Waals surface area contributed by atoms with E-state index in [-0.39, 0.29) is 5.41 Å². The molecule has 0 aromatic carbocycles. The van der Waals surface area contributed by atoms with Crippen molar-refractivity contribution >= 4 is 0 Å². The van der Waals surface area contributed by atoms with Gasteiger partial charge in [-0.25, -0.2) is 0 Å². The summed E-state index contributed by atoms with van der Waals surface area (Å²) in [7, 11) is 0. The predicted molar refractivity (Wildman–Crippen MR) is 96.1 cm³/mol. The molecule has 23 heavy (non-hydrogen) atoms. The minimum Gasteiger partial charge on any atom is -0.394 e. The number of hydrogen-bond donors (Lipinski definition) is 3. The summed E-state index contributed by atoms with van der Waals surface area (Å²) in [4.78, 5) is 0. The van der Waals surface area contributed by atoms with Gasteiger partial charge in [-0.15, -0.1) is 0 Å². The fraction of sp³-hybridized carbons (Fsp3) is 0.600. The first-order valence-corrected chi connectivity index (χ1v) is 8.36. The summed E-state index contributed by atoms with van der Waals surface area (Å²) in [5, 5.41) is 28.4. The van der Waals surface area contributed by atoms with Crippen molar-refractivity contribution in [3.63, 3.8) is 0 Å². The summed E-state index contributed by atoms with van der Waals surface area (Å²) in [6.45, 7) is 9.81. The molecule has 0 fully saturated rings. The normalized spacial score (nSPS) is 23.6. The maximum Gasteiger partial charge on any atom is 0.109 e. The molecule has 0 saturated heterocycles. The van der Waals surface area contributed by atoms with Gasteiger partial charge in [0.25, 0.3) is 0 Å². The summed E-state index contributed by atoms with van der Waals surface area (Å²) in [5.41, 5.74) is 2.75. The summed E-state index contributed by atoms with van der Waals surface area (Å²) in [6.07, 6.45) is 11.9. The lowest BCUT2D eigenvalue weighted by atomic mass is 9.72. The van der Waals surface area contributed by atoms with Crippen LogP contribution in [0.1, 0.15) is 53.9 Å². The number of rotatable bonds is 6. The van der Waals surface area contributed by atoms with E-state index in [1.54, 1.807) is 6.08 Å². The highest BCUT2D eigenvalue weighted by atomic mass is 16.4. The molecule has 1 aliphatic rings. The topological polar surface area (TPSA) is 60.7 Å². The maximum absolute atomic E-state index is 9.98. The first-order valence-electron chi connectivity index (χ1n) is 8.36. The third kappa shape index (κ3) is 5.76. The molecule has 2 atom stereocenters. The molecule has 0 spiro atoms. The van der Waals surface area contributed by atoms with Gasteiger partial charge in [-0.1, -0.05) is 55.4 Å². The van der Waals surface area contributed by atoms with Crippen molar-refractivity contribution in [1.82, 2.24) is 0 Å².